The lowest BCUT2D eigenvalue weighted by atomic mass is 9.72. The first kappa shape index (κ1) is 25.8. The molecular weight excluding hydrogens is 537 g/mol. The number of hydrogen-bond donors (Lipinski definition) is 2. The predicted octanol–water partition coefficient (Wildman–Crippen LogP) is 4.80. The first-order chi connectivity index (χ1) is 18.6. The Balaban J connectivity index is 1.23. The second kappa shape index (κ2) is 9.30. The monoisotopic (exact) mass is 562 g/mol. The molecule has 2 amide bonds. The second-order valence-corrected chi connectivity index (χ2v) is 10.6. The van der Waals surface area contributed by atoms with Gasteiger partial charge in [-0.25, -0.2) is 9.78 Å². The molecule has 0 bridgehead atoms. The van der Waals surface area contributed by atoms with E-state index < -0.39 is 23.3 Å². The molecule has 2 aromatic heterocycles. The number of halogens is 4. The summed E-state index contributed by atoms with van der Waals surface area (Å²) in [4.78, 5) is 19.0. The third kappa shape index (κ3) is 4.65. The fourth-order valence-electron chi connectivity index (χ4n) is 5.71. The molecule has 9 nitrogen and oxygen atoms in total. The summed E-state index contributed by atoms with van der Waals surface area (Å²) in [6, 6.07) is 10.3. The molecule has 3 aromatic rings. The van der Waals surface area contributed by atoms with E-state index in [1.165, 1.54) is 12.3 Å². The van der Waals surface area contributed by atoms with Crippen LogP contribution in [0.25, 0.3) is 11.3 Å². The number of alkyl halides is 3. The normalized spacial score (nSPS) is 21.9. The van der Waals surface area contributed by atoms with E-state index in [9.17, 15) is 18.0 Å². The predicted molar refractivity (Wildman–Crippen MR) is 136 cm³/mol. The van der Waals surface area contributed by atoms with Crippen LogP contribution in [0.4, 0.5) is 23.8 Å². The Labute approximate surface area is 227 Å². The van der Waals surface area contributed by atoms with Crippen molar-refractivity contribution in [3.8, 4) is 17.0 Å². The maximum absolute atomic E-state index is 13.5. The average molecular weight is 563 g/mol. The largest absolute Gasteiger partial charge is 0.573 e. The summed E-state index contributed by atoms with van der Waals surface area (Å²) in [7, 11) is 0. The number of aromatic nitrogens is 3. The summed E-state index contributed by atoms with van der Waals surface area (Å²) >= 11 is 6.47. The van der Waals surface area contributed by atoms with Gasteiger partial charge in [0.15, 0.2) is 11.6 Å². The first-order valence-corrected chi connectivity index (χ1v) is 13.0. The van der Waals surface area contributed by atoms with Crippen LogP contribution in [-0.2, 0) is 22.4 Å². The van der Waals surface area contributed by atoms with Gasteiger partial charge in [0.05, 0.1) is 36.6 Å². The van der Waals surface area contributed by atoms with Crippen molar-refractivity contribution in [2.45, 2.75) is 49.7 Å². The molecular formula is C26H26ClF3N6O3. The molecule has 1 saturated heterocycles. The van der Waals surface area contributed by atoms with Gasteiger partial charge in [0, 0.05) is 29.7 Å². The quantitative estimate of drug-likeness (QED) is 0.473. The molecule has 3 N–H and O–H groups in total. The van der Waals surface area contributed by atoms with Crippen molar-refractivity contribution in [1.29, 1.82) is 0 Å². The Morgan fingerprint density at radius 1 is 1.18 bits per heavy atom. The number of amides is 2. The van der Waals surface area contributed by atoms with Gasteiger partial charge in [0.1, 0.15) is 5.60 Å². The lowest BCUT2D eigenvalue weighted by Crippen LogP contribution is -2.55. The maximum Gasteiger partial charge on any atom is 0.573 e. The number of hydrogen-bond acceptors (Lipinski definition) is 6. The molecule has 6 rings (SSSR count). The van der Waals surface area contributed by atoms with Gasteiger partial charge in [-0.05, 0) is 43.0 Å². The minimum Gasteiger partial charge on any atom is -0.402 e. The number of fused-ring (bicyclic) bond motifs is 2. The standard InChI is InChI=1S/C26H26ClF3N6O3/c27-18-5-2-1-4-17(18)24(6-3-7-24)33-23(37)35-9-8-25(15-35)21-13-19(34-36(21)10-11-38-25)16-12-20(22(31)32-14-16)39-26(28,29)30/h1-2,4-5,12-14H,3,6-11,15H2,(H2,31,32)(H,33,37). The van der Waals surface area contributed by atoms with Crippen LogP contribution in [-0.4, -0.2) is 51.8 Å². The molecule has 13 heteroatoms. The summed E-state index contributed by atoms with van der Waals surface area (Å²) in [6.45, 7) is 1.63. The summed E-state index contributed by atoms with van der Waals surface area (Å²) in [5.41, 5.74) is 6.69. The van der Waals surface area contributed by atoms with Gasteiger partial charge in [-0.2, -0.15) is 5.10 Å². The van der Waals surface area contributed by atoms with Crippen molar-refractivity contribution in [3.63, 3.8) is 0 Å². The van der Waals surface area contributed by atoms with Gasteiger partial charge < -0.3 is 25.4 Å². The van der Waals surface area contributed by atoms with E-state index in [1.54, 1.807) is 15.6 Å². The molecule has 3 aliphatic rings. The van der Waals surface area contributed by atoms with Crippen LogP contribution in [0, 0.1) is 0 Å². The topological polar surface area (TPSA) is 108 Å². The van der Waals surface area contributed by atoms with Crippen LogP contribution in [0.2, 0.25) is 5.02 Å². The van der Waals surface area contributed by atoms with Crippen LogP contribution in [0.15, 0.2) is 42.6 Å². The lowest BCUT2D eigenvalue weighted by molar-refractivity contribution is -0.274. The number of nitrogens with one attached hydrogen (secondary N) is 1. The number of rotatable bonds is 4. The summed E-state index contributed by atoms with van der Waals surface area (Å²) in [5, 5.41) is 8.46. The van der Waals surface area contributed by atoms with Gasteiger partial charge >= 0.3 is 12.4 Å². The van der Waals surface area contributed by atoms with Crippen molar-refractivity contribution < 1.29 is 27.4 Å². The van der Waals surface area contributed by atoms with Crippen LogP contribution >= 0.6 is 11.6 Å². The molecule has 2 fully saturated rings. The lowest BCUT2D eigenvalue weighted by Gasteiger charge is -2.44. The highest BCUT2D eigenvalue weighted by Crippen LogP contribution is 2.45. The molecule has 4 heterocycles. The SMILES string of the molecule is Nc1ncc(-c2cc3n(n2)CCOC32CCN(C(=O)NC3(c4ccccc4Cl)CCC3)C2)cc1OC(F)(F)F. The van der Waals surface area contributed by atoms with Crippen LogP contribution in [0.3, 0.4) is 0 Å². The van der Waals surface area contributed by atoms with Gasteiger partial charge in [0.25, 0.3) is 0 Å². The molecule has 39 heavy (non-hydrogen) atoms. The van der Waals surface area contributed by atoms with Gasteiger partial charge in [-0.3, -0.25) is 4.68 Å². The van der Waals surface area contributed by atoms with E-state index in [2.05, 4.69) is 20.1 Å². The third-order valence-corrected chi connectivity index (χ3v) is 8.12. The van der Waals surface area contributed by atoms with Gasteiger partial charge in [-0.1, -0.05) is 29.8 Å². The Bertz CT molecular complexity index is 1430. The molecule has 206 valence electrons. The number of nitrogens with zero attached hydrogens (tertiary/aromatic N) is 4. The number of nitrogen functional groups attached to an aromatic ring is 1. The Morgan fingerprint density at radius 2 is 1.97 bits per heavy atom. The molecule has 1 unspecified atom stereocenters. The van der Waals surface area contributed by atoms with E-state index in [0.29, 0.717) is 48.9 Å². The maximum atomic E-state index is 13.5. The number of urea groups is 1. The zero-order chi connectivity index (χ0) is 27.4. The van der Waals surface area contributed by atoms with E-state index in [4.69, 9.17) is 22.1 Å². The summed E-state index contributed by atoms with van der Waals surface area (Å²) < 4.78 is 50.5. The summed E-state index contributed by atoms with van der Waals surface area (Å²) in [5.74, 6) is -0.970. The number of carbonyl (C=O) groups excluding carboxylic acids is 1. The minimum absolute atomic E-state index is 0.191. The highest BCUT2D eigenvalue weighted by Gasteiger charge is 2.49. The van der Waals surface area contributed by atoms with Crippen LogP contribution in [0.1, 0.15) is 36.9 Å². The van der Waals surface area contributed by atoms with Crippen molar-refractivity contribution >= 4 is 23.4 Å². The molecule has 2 aliphatic heterocycles. The van der Waals surface area contributed by atoms with Crippen LogP contribution < -0.4 is 15.8 Å². The number of nitrogens with two attached hydrogens (primary N) is 1. The van der Waals surface area contributed by atoms with Crippen molar-refractivity contribution in [2.24, 2.45) is 0 Å². The van der Waals surface area contributed by atoms with E-state index in [-0.39, 0.29) is 11.8 Å². The molecule has 1 aromatic carbocycles. The number of anilines is 1. The van der Waals surface area contributed by atoms with Crippen molar-refractivity contribution in [1.82, 2.24) is 25.0 Å². The van der Waals surface area contributed by atoms with Crippen LogP contribution in [0.5, 0.6) is 5.75 Å². The van der Waals surface area contributed by atoms with Crippen molar-refractivity contribution in [3.05, 3.63) is 58.9 Å². The van der Waals surface area contributed by atoms with Crippen molar-refractivity contribution in [2.75, 3.05) is 25.4 Å². The first-order valence-electron chi connectivity index (χ1n) is 12.6. The van der Waals surface area contributed by atoms with Gasteiger partial charge in [0.2, 0.25) is 0 Å². The highest BCUT2D eigenvalue weighted by molar-refractivity contribution is 6.31. The number of carbonyl (C=O) groups is 1. The zero-order valence-electron chi connectivity index (χ0n) is 20.8. The Kier molecular flexibility index (Phi) is 6.14. The number of benzene rings is 1. The fraction of sp³-hybridized carbons (Fsp3) is 0.423. The highest BCUT2D eigenvalue weighted by atomic mass is 35.5. The molecule has 0 radical (unpaired) electrons. The number of likely N-dealkylation sites (tertiary alicyclic amines) is 1. The minimum atomic E-state index is -4.91. The van der Waals surface area contributed by atoms with E-state index >= 15 is 0 Å². The van der Waals surface area contributed by atoms with Gasteiger partial charge in [-0.15, -0.1) is 13.2 Å². The van der Waals surface area contributed by atoms with E-state index in [0.717, 1.165) is 30.5 Å². The average Bonchev–Trinajstić information content (AvgIpc) is 3.49. The Morgan fingerprint density at radius 3 is 2.69 bits per heavy atom. The fourth-order valence-corrected chi connectivity index (χ4v) is 6.02. The smallest absolute Gasteiger partial charge is 0.402 e. The number of pyridine rings is 1. The zero-order valence-corrected chi connectivity index (χ0v) is 21.6. The Hall–Kier alpha value is -3.51. The molecule has 1 spiro atoms. The molecule has 1 saturated carbocycles. The molecule has 1 aliphatic carbocycles. The third-order valence-electron chi connectivity index (χ3n) is 7.79. The number of ether oxygens (including phenoxy) is 2. The second-order valence-electron chi connectivity index (χ2n) is 10.2. The van der Waals surface area contributed by atoms with E-state index in [1.807, 2.05) is 24.3 Å². The molecule has 1 atom stereocenters. The summed E-state index contributed by atoms with van der Waals surface area (Å²) in [6.07, 6.45) is -0.393.